The van der Waals surface area contributed by atoms with Gasteiger partial charge in [-0.15, -0.1) is 0 Å². The van der Waals surface area contributed by atoms with Crippen molar-refractivity contribution in [3.63, 3.8) is 0 Å². The van der Waals surface area contributed by atoms with Gasteiger partial charge in [0.15, 0.2) is 11.6 Å². The normalized spacial score (nSPS) is 11.6. The molecule has 0 atom stereocenters. The number of rotatable bonds is 3. The van der Waals surface area contributed by atoms with Gasteiger partial charge in [0.05, 0.1) is 4.90 Å². The molecule has 0 unspecified atom stereocenters. The Bertz CT molecular complexity index is 754. The summed E-state index contributed by atoms with van der Waals surface area (Å²) in [5.41, 5.74) is 1.15. The van der Waals surface area contributed by atoms with Crippen LogP contribution < -0.4 is 0 Å². The van der Waals surface area contributed by atoms with Crippen LogP contribution in [0.2, 0.25) is 0 Å². The van der Waals surface area contributed by atoms with Crippen LogP contribution in [-0.4, -0.2) is 18.1 Å². The number of phenols is 1. The molecule has 0 saturated carbocycles. The van der Waals surface area contributed by atoms with E-state index in [0.29, 0.717) is 11.1 Å². The van der Waals surface area contributed by atoms with Crippen molar-refractivity contribution < 1.29 is 22.5 Å². The summed E-state index contributed by atoms with van der Waals surface area (Å²) in [5, 5.41) is 9.26. The molecule has 20 heavy (non-hydrogen) atoms. The first kappa shape index (κ1) is 14.5. The van der Waals surface area contributed by atoms with Crippen molar-refractivity contribution in [2.45, 2.75) is 18.2 Å². The Morgan fingerprint density at radius 3 is 2.40 bits per heavy atom. The van der Waals surface area contributed by atoms with E-state index in [0.717, 1.165) is 0 Å². The molecule has 0 amide bonds. The van der Waals surface area contributed by atoms with Crippen molar-refractivity contribution in [1.82, 2.24) is 0 Å². The first-order valence-corrected chi connectivity index (χ1v) is 7.27. The molecule has 0 aromatic heterocycles. The van der Waals surface area contributed by atoms with Crippen LogP contribution in [0.1, 0.15) is 16.7 Å². The van der Waals surface area contributed by atoms with E-state index in [1.807, 2.05) is 0 Å². The minimum Gasteiger partial charge on any atom is -0.505 e. The molecule has 2 aromatic carbocycles. The lowest BCUT2D eigenvalue weighted by molar-refractivity contribution is 0.429. The smallest absolute Gasteiger partial charge is 0.294 e. The minimum absolute atomic E-state index is 0.138. The molecule has 0 heterocycles. The lowest BCUT2D eigenvalue weighted by Gasteiger charge is -2.10. The first-order valence-electron chi connectivity index (χ1n) is 5.83. The highest BCUT2D eigenvalue weighted by Gasteiger charge is 2.16. The van der Waals surface area contributed by atoms with Crippen LogP contribution in [0, 0.1) is 12.7 Å². The maximum atomic E-state index is 13.6. The highest BCUT2D eigenvalue weighted by atomic mass is 32.2. The summed E-state index contributed by atoms with van der Waals surface area (Å²) >= 11 is 0. The van der Waals surface area contributed by atoms with Gasteiger partial charge in [-0.05, 0) is 42.2 Å². The van der Waals surface area contributed by atoms with Crippen molar-refractivity contribution in [2.75, 3.05) is 0 Å². The largest absolute Gasteiger partial charge is 0.505 e. The average Bonchev–Trinajstić information content (AvgIpc) is 2.39. The second kappa shape index (κ2) is 5.22. The molecule has 0 aliphatic carbocycles. The molecule has 0 radical (unpaired) electrons. The quantitative estimate of drug-likeness (QED) is 0.854. The monoisotopic (exact) mass is 296 g/mol. The van der Waals surface area contributed by atoms with Crippen LogP contribution in [0.25, 0.3) is 0 Å². The van der Waals surface area contributed by atoms with Crippen LogP contribution in [-0.2, 0) is 16.5 Å². The zero-order valence-electron chi connectivity index (χ0n) is 10.7. The van der Waals surface area contributed by atoms with E-state index in [1.165, 1.54) is 31.2 Å². The predicted molar refractivity (Wildman–Crippen MR) is 71.9 cm³/mol. The second-order valence-corrected chi connectivity index (χ2v) is 5.83. The molecule has 6 heteroatoms. The molecular formula is C14H13FO4S. The van der Waals surface area contributed by atoms with E-state index in [2.05, 4.69) is 0 Å². The first-order chi connectivity index (χ1) is 9.30. The number of benzene rings is 2. The summed E-state index contributed by atoms with van der Waals surface area (Å²) in [7, 11) is -4.33. The van der Waals surface area contributed by atoms with Crippen LogP contribution in [0.5, 0.6) is 5.75 Å². The van der Waals surface area contributed by atoms with Crippen molar-refractivity contribution in [2.24, 2.45) is 0 Å². The standard InChI is InChI=1S/C14H13FO4S/c1-9-10(6-7-12(16)14(9)15)8-11-4-2-3-5-13(11)20(17,18)19/h2-7,16H,8H2,1H3,(H,17,18,19). The van der Waals surface area contributed by atoms with Gasteiger partial charge in [0, 0.05) is 0 Å². The van der Waals surface area contributed by atoms with Crippen molar-refractivity contribution in [1.29, 1.82) is 0 Å². The van der Waals surface area contributed by atoms with Crippen LogP contribution in [0.15, 0.2) is 41.3 Å². The van der Waals surface area contributed by atoms with Gasteiger partial charge in [0.25, 0.3) is 10.1 Å². The Balaban J connectivity index is 2.49. The summed E-state index contributed by atoms with van der Waals surface area (Å²) in [5.74, 6) is -1.18. The Morgan fingerprint density at radius 1 is 1.10 bits per heavy atom. The fourth-order valence-corrected chi connectivity index (χ4v) is 2.73. The van der Waals surface area contributed by atoms with Crippen LogP contribution in [0.4, 0.5) is 4.39 Å². The molecular weight excluding hydrogens is 283 g/mol. The third-order valence-corrected chi connectivity index (χ3v) is 4.06. The maximum absolute atomic E-state index is 13.6. The number of hydrogen-bond donors (Lipinski definition) is 2. The number of phenolic OH excluding ortho intramolecular Hbond substituents is 1. The zero-order chi connectivity index (χ0) is 14.9. The Morgan fingerprint density at radius 2 is 1.75 bits per heavy atom. The van der Waals surface area contributed by atoms with Crippen molar-refractivity contribution in [3.05, 3.63) is 58.9 Å². The summed E-state index contributed by atoms with van der Waals surface area (Å²) in [4.78, 5) is -0.201. The summed E-state index contributed by atoms with van der Waals surface area (Å²) in [6.45, 7) is 1.50. The molecule has 0 aliphatic heterocycles. The van der Waals surface area contributed by atoms with Crippen molar-refractivity contribution >= 4 is 10.1 Å². The summed E-state index contributed by atoms with van der Waals surface area (Å²) < 4.78 is 45.4. The number of hydrogen-bond acceptors (Lipinski definition) is 3. The van der Waals surface area contributed by atoms with Gasteiger partial charge < -0.3 is 5.11 Å². The fraction of sp³-hybridized carbons (Fsp3) is 0.143. The summed E-state index contributed by atoms with van der Waals surface area (Å²) in [6.07, 6.45) is 0.138. The molecule has 2 rings (SSSR count). The second-order valence-electron chi connectivity index (χ2n) is 4.44. The van der Waals surface area contributed by atoms with Gasteiger partial charge in [-0.1, -0.05) is 24.3 Å². The molecule has 0 bridgehead atoms. The van der Waals surface area contributed by atoms with Crippen LogP contribution in [0.3, 0.4) is 0 Å². The zero-order valence-corrected chi connectivity index (χ0v) is 11.5. The molecule has 0 aliphatic rings. The molecule has 4 nitrogen and oxygen atoms in total. The number of aromatic hydroxyl groups is 1. The lowest BCUT2D eigenvalue weighted by atomic mass is 10.00. The fourth-order valence-electron chi connectivity index (χ4n) is 2.01. The molecule has 0 spiro atoms. The SMILES string of the molecule is Cc1c(Cc2ccccc2S(=O)(=O)O)ccc(O)c1F. The maximum Gasteiger partial charge on any atom is 0.294 e. The lowest BCUT2D eigenvalue weighted by Crippen LogP contribution is -2.04. The van der Waals surface area contributed by atoms with Gasteiger partial charge in [-0.2, -0.15) is 8.42 Å². The Hall–Kier alpha value is -1.92. The average molecular weight is 296 g/mol. The predicted octanol–water partition coefficient (Wildman–Crippen LogP) is 2.68. The Labute approximate surface area is 116 Å². The van der Waals surface area contributed by atoms with Gasteiger partial charge in [-0.3, -0.25) is 4.55 Å². The third-order valence-electron chi connectivity index (χ3n) is 3.11. The highest BCUT2D eigenvalue weighted by Crippen LogP contribution is 2.25. The van der Waals surface area contributed by atoms with E-state index in [9.17, 15) is 22.5 Å². The molecule has 2 aromatic rings. The number of halogens is 1. The van der Waals surface area contributed by atoms with Crippen LogP contribution >= 0.6 is 0 Å². The molecule has 2 N–H and O–H groups in total. The summed E-state index contributed by atoms with van der Waals surface area (Å²) in [6, 6.07) is 8.71. The van der Waals surface area contributed by atoms with Gasteiger partial charge >= 0.3 is 0 Å². The van der Waals surface area contributed by atoms with E-state index in [-0.39, 0.29) is 16.9 Å². The van der Waals surface area contributed by atoms with Gasteiger partial charge in [0.2, 0.25) is 0 Å². The topological polar surface area (TPSA) is 74.6 Å². The molecule has 0 saturated heterocycles. The van der Waals surface area contributed by atoms with E-state index >= 15 is 0 Å². The van der Waals surface area contributed by atoms with Crippen molar-refractivity contribution in [3.8, 4) is 5.75 Å². The van der Waals surface area contributed by atoms with E-state index in [1.54, 1.807) is 12.1 Å². The molecule has 106 valence electrons. The van der Waals surface area contributed by atoms with E-state index in [4.69, 9.17) is 0 Å². The van der Waals surface area contributed by atoms with E-state index < -0.39 is 21.7 Å². The minimum atomic E-state index is -4.33. The Kier molecular flexibility index (Phi) is 3.78. The van der Waals surface area contributed by atoms with Gasteiger partial charge in [0.1, 0.15) is 0 Å². The third kappa shape index (κ3) is 2.81. The van der Waals surface area contributed by atoms with Gasteiger partial charge in [-0.25, -0.2) is 4.39 Å². The molecule has 0 fully saturated rings. The highest BCUT2D eigenvalue weighted by molar-refractivity contribution is 7.85.